The van der Waals surface area contributed by atoms with Crippen LogP contribution in [0.1, 0.15) is 112 Å². The Labute approximate surface area is 262 Å². The van der Waals surface area contributed by atoms with Crippen LogP contribution in [0.25, 0.3) is 0 Å². The van der Waals surface area contributed by atoms with Gasteiger partial charge in [0.25, 0.3) is 0 Å². The van der Waals surface area contributed by atoms with Crippen molar-refractivity contribution in [3.63, 3.8) is 0 Å². The van der Waals surface area contributed by atoms with Gasteiger partial charge in [-0.25, -0.2) is 0 Å². The molecule has 0 amide bonds. The number of benzene rings is 3. The Morgan fingerprint density at radius 1 is 0.429 bits per heavy atom. The highest BCUT2D eigenvalue weighted by atomic mass is 31.2. The molecule has 0 N–H and O–H groups in total. The van der Waals surface area contributed by atoms with Crippen LogP contribution in [-0.4, -0.2) is 13.0 Å². The third-order valence-corrected chi connectivity index (χ3v) is 14.1. The fourth-order valence-corrected chi connectivity index (χ4v) is 10.9. The van der Waals surface area contributed by atoms with Crippen LogP contribution in [0.4, 0.5) is 0 Å². The predicted octanol–water partition coefficient (Wildman–Crippen LogP) is 10.3. The Hall–Kier alpha value is -1.85. The Balaban J connectivity index is 2.16. The molecular weight excluding hydrogens is 522 g/mol. The third-order valence-electron chi connectivity index (χ3n) is 8.87. The molecule has 0 fully saturated rings. The first-order valence-electron chi connectivity index (χ1n) is 16.2. The van der Waals surface area contributed by atoms with Crippen LogP contribution in [-0.2, 0) is 19.3 Å². The average molecular weight is 582 g/mol. The highest BCUT2D eigenvalue weighted by molar-refractivity contribution is 7.97. The van der Waals surface area contributed by atoms with Crippen molar-refractivity contribution in [2.24, 2.45) is 16.2 Å². The van der Waals surface area contributed by atoms with Crippen LogP contribution in [0.5, 0.6) is 0 Å². The van der Waals surface area contributed by atoms with Gasteiger partial charge in [-0.15, -0.1) is 0 Å². The van der Waals surface area contributed by atoms with Crippen LogP contribution < -0.4 is 15.9 Å². The summed E-state index contributed by atoms with van der Waals surface area (Å²) >= 11 is 0. The lowest BCUT2D eigenvalue weighted by Crippen LogP contribution is -2.44. The van der Waals surface area contributed by atoms with Crippen LogP contribution in [0, 0.1) is 16.2 Å². The monoisotopic (exact) mass is 581 g/mol. The summed E-state index contributed by atoms with van der Waals surface area (Å²) in [4.78, 5) is 0. The second-order valence-electron chi connectivity index (χ2n) is 16.9. The number of hydrogen-bond acceptors (Lipinski definition) is 0. The lowest BCUT2D eigenvalue weighted by Gasteiger charge is -2.40. The molecule has 2 heteroatoms. The van der Waals surface area contributed by atoms with Gasteiger partial charge in [0.1, 0.15) is 23.2 Å². The van der Waals surface area contributed by atoms with Gasteiger partial charge in [0, 0.05) is 0 Å². The molecule has 0 nitrogen and oxygen atoms in total. The minimum Gasteiger partial charge on any atom is -0.0602 e. The molecule has 0 aromatic heterocycles. The lowest BCUT2D eigenvalue weighted by atomic mass is 9.89. The summed E-state index contributed by atoms with van der Waals surface area (Å²) in [6.45, 7) is 25.8. The van der Waals surface area contributed by atoms with E-state index in [-0.39, 0.29) is 5.16 Å². The second-order valence-corrected chi connectivity index (χ2v) is 21.0. The second kappa shape index (κ2) is 13.4. The Morgan fingerprint density at radius 3 is 0.857 bits per heavy atom. The highest BCUT2D eigenvalue weighted by Crippen LogP contribution is 2.66. The molecule has 0 aliphatic heterocycles. The van der Waals surface area contributed by atoms with Gasteiger partial charge in [-0.05, 0) is 128 Å². The molecule has 3 aromatic rings. The van der Waals surface area contributed by atoms with E-state index in [0.29, 0.717) is 22.6 Å². The van der Waals surface area contributed by atoms with Gasteiger partial charge in [0.2, 0.25) is 0 Å². The first kappa shape index (κ1) is 34.6. The molecule has 0 aliphatic rings. The van der Waals surface area contributed by atoms with E-state index in [1.165, 1.54) is 51.9 Å². The molecule has 42 heavy (non-hydrogen) atoms. The topological polar surface area (TPSA) is 0 Å². The van der Waals surface area contributed by atoms with Gasteiger partial charge in [-0.1, -0.05) is 98.7 Å². The van der Waals surface area contributed by atoms with E-state index in [4.69, 9.17) is 7.85 Å². The van der Waals surface area contributed by atoms with Crippen LogP contribution in [0.15, 0.2) is 72.8 Å². The van der Waals surface area contributed by atoms with Crippen molar-refractivity contribution in [2.45, 2.75) is 126 Å². The summed E-state index contributed by atoms with van der Waals surface area (Å²) in [5.74, 6) is 0. The van der Waals surface area contributed by atoms with E-state index in [9.17, 15) is 0 Å². The van der Waals surface area contributed by atoms with E-state index in [0.717, 1.165) is 19.3 Å². The summed E-state index contributed by atoms with van der Waals surface area (Å²) in [6.07, 6.45) is 7.53. The minimum atomic E-state index is -2.10. The van der Waals surface area contributed by atoms with Crippen molar-refractivity contribution in [3.05, 3.63) is 89.5 Å². The summed E-state index contributed by atoms with van der Waals surface area (Å²) < 4.78 is 0. The van der Waals surface area contributed by atoms with Crippen molar-refractivity contribution < 1.29 is 0 Å². The predicted molar refractivity (Wildman–Crippen MR) is 193 cm³/mol. The largest absolute Gasteiger partial charge is 0.116 e. The molecule has 0 saturated heterocycles. The maximum atomic E-state index is 6.71. The van der Waals surface area contributed by atoms with Crippen LogP contribution in [0.2, 0.25) is 6.32 Å². The van der Waals surface area contributed by atoms with Gasteiger partial charge >= 0.3 is 0 Å². The highest BCUT2D eigenvalue weighted by Gasteiger charge is 2.56. The van der Waals surface area contributed by atoms with Crippen LogP contribution in [0.3, 0.4) is 0 Å². The third kappa shape index (κ3) is 9.08. The van der Waals surface area contributed by atoms with E-state index < -0.39 is 7.26 Å². The zero-order valence-electron chi connectivity index (χ0n) is 28.9. The number of hydrogen-bond donors (Lipinski definition) is 0. The van der Waals surface area contributed by atoms with Gasteiger partial charge in [-0.3, -0.25) is 0 Å². The summed E-state index contributed by atoms with van der Waals surface area (Å²) in [7, 11) is 4.61. The molecule has 3 rings (SSSR count). The SMILES string of the molecule is [B]CC(C)(C)[P+](c1ccc(CCC(C)(C)C)cc1)(c1ccc(CCC(C)(C)C)cc1)c1ccc(CCC(C)(C)C)cc1. The van der Waals surface area contributed by atoms with Crippen LogP contribution >= 0.6 is 7.26 Å². The zero-order chi connectivity index (χ0) is 31.4. The summed E-state index contributed by atoms with van der Waals surface area (Å²) in [6, 6.07) is 28.9. The maximum Gasteiger partial charge on any atom is 0.116 e. The first-order valence-corrected chi connectivity index (χ1v) is 18.0. The first-order chi connectivity index (χ1) is 19.4. The van der Waals surface area contributed by atoms with Crippen molar-refractivity contribution in [3.8, 4) is 0 Å². The molecule has 0 unspecified atom stereocenters. The molecule has 0 bridgehead atoms. The molecule has 3 aromatic carbocycles. The van der Waals surface area contributed by atoms with Crippen molar-refractivity contribution in [1.82, 2.24) is 0 Å². The van der Waals surface area contributed by atoms with E-state index in [1.54, 1.807) is 0 Å². The van der Waals surface area contributed by atoms with E-state index in [1.807, 2.05) is 0 Å². The van der Waals surface area contributed by atoms with Crippen molar-refractivity contribution in [1.29, 1.82) is 0 Å². The molecule has 0 aliphatic carbocycles. The van der Waals surface area contributed by atoms with Gasteiger partial charge < -0.3 is 0 Å². The van der Waals surface area contributed by atoms with Gasteiger partial charge in [0.15, 0.2) is 0 Å². The van der Waals surface area contributed by atoms with Gasteiger partial charge in [0.05, 0.1) is 13.0 Å². The maximum absolute atomic E-state index is 6.71. The molecule has 0 atom stereocenters. The lowest BCUT2D eigenvalue weighted by molar-refractivity contribution is 0.378. The average Bonchev–Trinajstić information content (AvgIpc) is 2.90. The summed E-state index contributed by atoms with van der Waals surface area (Å²) in [5.41, 5.74) is 5.27. The number of rotatable bonds is 11. The molecule has 0 saturated carbocycles. The molecular formula is C40H59BP+. The molecule has 2 radical (unpaired) electrons. The Morgan fingerprint density at radius 2 is 0.667 bits per heavy atom. The molecule has 0 spiro atoms. The Bertz CT molecular complexity index is 1100. The van der Waals surface area contributed by atoms with Gasteiger partial charge in [-0.2, -0.15) is 0 Å². The normalized spacial score (nSPS) is 13.4. The minimum absolute atomic E-state index is 0.111. The smallest absolute Gasteiger partial charge is 0.0602 e. The fourth-order valence-electron chi connectivity index (χ4n) is 5.85. The zero-order valence-corrected chi connectivity index (χ0v) is 29.8. The Kier molecular flexibility index (Phi) is 11.1. The molecule has 0 heterocycles. The van der Waals surface area contributed by atoms with E-state index in [2.05, 4.69) is 149 Å². The van der Waals surface area contributed by atoms with E-state index >= 15 is 0 Å². The summed E-state index contributed by atoms with van der Waals surface area (Å²) in [5, 5.41) is 4.19. The number of aryl methyl sites for hydroxylation is 3. The fraction of sp³-hybridized carbons (Fsp3) is 0.550. The van der Waals surface area contributed by atoms with Crippen molar-refractivity contribution >= 4 is 31.0 Å². The van der Waals surface area contributed by atoms with Crippen molar-refractivity contribution in [2.75, 3.05) is 0 Å². The molecule has 226 valence electrons. The quantitative estimate of drug-likeness (QED) is 0.156. The standard InChI is InChI=1S/C40H59BP/c1-37(2,3)27-24-31-12-18-34(19-13-31)42(40(10,11)30-41,35-20-14-32(15-21-35)25-28-38(4,5)6)36-22-16-33(17-23-36)26-29-39(7,8)9/h12-23H,24-30H2,1-11H3/q+1.